The first-order valence-electron chi connectivity index (χ1n) is 6.51. The van der Waals surface area contributed by atoms with Crippen LogP contribution in [-0.4, -0.2) is 17.6 Å². The van der Waals surface area contributed by atoms with Crippen LogP contribution in [0.2, 0.25) is 0 Å². The van der Waals surface area contributed by atoms with Gasteiger partial charge in [-0.3, -0.25) is 0 Å². The van der Waals surface area contributed by atoms with Crippen molar-refractivity contribution in [2.45, 2.75) is 39.7 Å². The van der Waals surface area contributed by atoms with E-state index in [4.69, 9.17) is 9.52 Å². The Morgan fingerprint density at radius 1 is 1.44 bits per heavy atom. The summed E-state index contributed by atoms with van der Waals surface area (Å²) in [5.41, 5.74) is 0.441. The van der Waals surface area contributed by atoms with Crippen LogP contribution in [0.4, 0.5) is 0 Å². The SMILES string of the molecule is CC(NCC1(C(C)C)CC1)c1ccc(C(=O)O)o1. The van der Waals surface area contributed by atoms with Crippen LogP contribution in [0.3, 0.4) is 0 Å². The molecule has 1 unspecified atom stereocenters. The summed E-state index contributed by atoms with van der Waals surface area (Å²) in [4.78, 5) is 10.7. The first-order chi connectivity index (χ1) is 8.44. The number of nitrogens with one attached hydrogen (secondary N) is 1. The summed E-state index contributed by atoms with van der Waals surface area (Å²) in [5, 5.41) is 12.3. The van der Waals surface area contributed by atoms with Gasteiger partial charge in [0.1, 0.15) is 5.76 Å². The summed E-state index contributed by atoms with van der Waals surface area (Å²) in [7, 11) is 0. The Bertz CT molecular complexity index is 432. The number of furan rings is 1. The molecule has 2 rings (SSSR count). The lowest BCUT2D eigenvalue weighted by Crippen LogP contribution is -2.29. The molecule has 0 saturated heterocycles. The molecule has 4 nitrogen and oxygen atoms in total. The molecule has 0 radical (unpaired) electrons. The van der Waals surface area contributed by atoms with Crippen LogP contribution in [0.15, 0.2) is 16.5 Å². The summed E-state index contributed by atoms with van der Waals surface area (Å²) in [6, 6.07) is 3.29. The van der Waals surface area contributed by atoms with Crippen molar-refractivity contribution in [2.75, 3.05) is 6.54 Å². The molecule has 0 aromatic carbocycles. The molecule has 0 aliphatic heterocycles. The van der Waals surface area contributed by atoms with Gasteiger partial charge < -0.3 is 14.8 Å². The number of rotatable bonds is 6. The van der Waals surface area contributed by atoms with Gasteiger partial charge in [0.2, 0.25) is 5.76 Å². The minimum atomic E-state index is -1.02. The molecule has 100 valence electrons. The van der Waals surface area contributed by atoms with Crippen molar-refractivity contribution in [3.63, 3.8) is 0 Å². The van der Waals surface area contributed by atoms with E-state index in [1.807, 2.05) is 6.92 Å². The van der Waals surface area contributed by atoms with Gasteiger partial charge in [-0.15, -0.1) is 0 Å². The largest absolute Gasteiger partial charge is 0.475 e. The molecule has 1 saturated carbocycles. The molecule has 1 aromatic rings. The normalized spacial score (nSPS) is 18.9. The Hall–Kier alpha value is -1.29. The molecule has 0 bridgehead atoms. The fourth-order valence-electron chi connectivity index (χ4n) is 2.28. The van der Waals surface area contributed by atoms with Gasteiger partial charge in [0, 0.05) is 6.54 Å². The number of aromatic carboxylic acids is 1. The number of hydrogen-bond donors (Lipinski definition) is 2. The summed E-state index contributed by atoms with van der Waals surface area (Å²) in [6.45, 7) is 7.49. The van der Waals surface area contributed by atoms with Gasteiger partial charge in [0.15, 0.2) is 0 Å². The molecule has 1 aromatic heterocycles. The highest BCUT2D eigenvalue weighted by Crippen LogP contribution is 2.51. The number of hydrogen-bond acceptors (Lipinski definition) is 3. The molecule has 2 N–H and O–H groups in total. The fourth-order valence-corrected chi connectivity index (χ4v) is 2.28. The average molecular weight is 251 g/mol. The van der Waals surface area contributed by atoms with Gasteiger partial charge in [-0.2, -0.15) is 0 Å². The summed E-state index contributed by atoms with van der Waals surface area (Å²) in [5.74, 6) is 0.355. The maximum atomic E-state index is 10.7. The predicted octanol–water partition coefficient (Wildman–Crippen LogP) is 3.06. The number of carbonyl (C=O) groups is 1. The summed E-state index contributed by atoms with van der Waals surface area (Å²) < 4.78 is 5.29. The van der Waals surface area contributed by atoms with E-state index in [-0.39, 0.29) is 11.8 Å². The van der Waals surface area contributed by atoms with Crippen LogP contribution in [0, 0.1) is 11.3 Å². The van der Waals surface area contributed by atoms with Crippen LogP contribution in [0.1, 0.15) is 56.0 Å². The van der Waals surface area contributed by atoms with E-state index in [2.05, 4.69) is 19.2 Å². The number of carboxylic acids is 1. The Balaban J connectivity index is 1.91. The van der Waals surface area contributed by atoms with Crippen molar-refractivity contribution in [2.24, 2.45) is 11.3 Å². The van der Waals surface area contributed by atoms with E-state index in [0.29, 0.717) is 17.1 Å². The molecule has 1 aliphatic rings. The second-order valence-electron chi connectivity index (χ2n) is 5.63. The lowest BCUT2D eigenvalue weighted by Gasteiger charge is -2.22. The van der Waals surface area contributed by atoms with Crippen molar-refractivity contribution in [1.29, 1.82) is 0 Å². The zero-order valence-electron chi connectivity index (χ0n) is 11.2. The van der Waals surface area contributed by atoms with Crippen molar-refractivity contribution in [1.82, 2.24) is 5.32 Å². The van der Waals surface area contributed by atoms with E-state index >= 15 is 0 Å². The lowest BCUT2D eigenvalue weighted by molar-refractivity contribution is 0.0659. The van der Waals surface area contributed by atoms with Crippen molar-refractivity contribution in [3.05, 3.63) is 23.7 Å². The molecule has 1 aliphatic carbocycles. The molecule has 0 amide bonds. The molecular formula is C14H21NO3. The zero-order chi connectivity index (χ0) is 13.3. The topological polar surface area (TPSA) is 62.5 Å². The van der Waals surface area contributed by atoms with Gasteiger partial charge >= 0.3 is 5.97 Å². The predicted molar refractivity (Wildman–Crippen MR) is 68.6 cm³/mol. The second-order valence-corrected chi connectivity index (χ2v) is 5.63. The third-order valence-corrected chi connectivity index (χ3v) is 4.14. The van der Waals surface area contributed by atoms with Crippen LogP contribution in [-0.2, 0) is 0 Å². The summed E-state index contributed by atoms with van der Waals surface area (Å²) >= 11 is 0. The first kappa shape index (κ1) is 13.1. The molecule has 1 heterocycles. The molecule has 1 atom stereocenters. The van der Waals surface area contributed by atoms with Crippen LogP contribution in [0.5, 0.6) is 0 Å². The van der Waals surface area contributed by atoms with E-state index < -0.39 is 5.97 Å². The van der Waals surface area contributed by atoms with E-state index in [9.17, 15) is 4.79 Å². The van der Waals surface area contributed by atoms with Crippen molar-refractivity contribution < 1.29 is 14.3 Å². The Morgan fingerprint density at radius 2 is 2.11 bits per heavy atom. The quantitative estimate of drug-likeness (QED) is 0.815. The van der Waals surface area contributed by atoms with E-state index in [1.54, 1.807) is 6.07 Å². The highest BCUT2D eigenvalue weighted by Gasteiger charge is 2.45. The summed E-state index contributed by atoms with van der Waals surface area (Å²) in [6.07, 6.45) is 2.56. The maximum Gasteiger partial charge on any atom is 0.371 e. The van der Waals surface area contributed by atoms with Crippen LogP contribution < -0.4 is 5.32 Å². The van der Waals surface area contributed by atoms with E-state index in [0.717, 1.165) is 6.54 Å². The maximum absolute atomic E-state index is 10.7. The monoisotopic (exact) mass is 251 g/mol. The molecule has 18 heavy (non-hydrogen) atoms. The highest BCUT2D eigenvalue weighted by atomic mass is 16.4. The van der Waals surface area contributed by atoms with Gasteiger partial charge in [-0.1, -0.05) is 13.8 Å². The van der Waals surface area contributed by atoms with Crippen LogP contribution in [0.25, 0.3) is 0 Å². The third-order valence-electron chi connectivity index (χ3n) is 4.14. The van der Waals surface area contributed by atoms with Crippen molar-refractivity contribution in [3.8, 4) is 0 Å². The van der Waals surface area contributed by atoms with Crippen molar-refractivity contribution >= 4 is 5.97 Å². The smallest absolute Gasteiger partial charge is 0.371 e. The Morgan fingerprint density at radius 3 is 2.56 bits per heavy atom. The Kier molecular flexibility index (Phi) is 3.48. The zero-order valence-corrected chi connectivity index (χ0v) is 11.2. The molecular weight excluding hydrogens is 230 g/mol. The van der Waals surface area contributed by atoms with Crippen LogP contribution >= 0.6 is 0 Å². The number of carboxylic acid groups (broad SMARTS) is 1. The molecule has 4 heteroatoms. The Labute approximate surface area is 107 Å². The second kappa shape index (κ2) is 4.76. The minimum absolute atomic E-state index is 0.00337. The van der Waals surface area contributed by atoms with Gasteiger partial charge in [-0.05, 0) is 43.2 Å². The molecule has 1 fully saturated rings. The van der Waals surface area contributed by atoms with Gasteiger partial charge in [0.05, 0.1) is 6.04 Å². The molecule has 0 spiro atoms. The standard InChI is InChI=1S/C14H21NO3/c1-9(2)14(6-7-14)8-15-10(3)11-4-5-12(18-11)13(16)17/h4-5,9-10,15H,6-8H2,1-3H3,(H,16,17). The highest BCUT2D eigenvalue weighted by molar-refractivity contribution is 5.84. The lowest BCUT2D eigenvalue weighted by atomic mass is 9.92. The van der Waals surface area contributed by atoms with Gasteiger partial charge in [0.25, 0.3) is 0 Å². The average Bonchev–Trinajstić information content (AvgIpc) is 2.94. The minimum Gasteiger partial charge on any atom is -0.475 e. The third kappa shape index (κ3) is 2.58. The van der Waals surface area contributed by atoms with E-state index in [1.165, 1.54) is 18.9 Å². The van der Waals surface area contributed by atoms with Gasteiger partial charge in [-0.25, -0.2) is 4.79 Å². The fraction of sp³-hybridized carbons (Fsp3) is 0.643. The first-order valence-corrected chi connectivity index (χ1v) is 6.51.